The quantitative estimate of drug-likeness (QED) is 0.831. The van der Waals surface area contributed by atoms with E-state index in [0.717, 1.165) is 24.3 Å². The Morgan fingerprint density at radius 2 is 1.96 bits per heavy atom. The Balaban J connectivity index is 2.53. The average Bonchev–Trinajstić information content (AvgIpc) is 2.52. The number of sulfonamides is 1. The van der Waals surface area contributed by atoms with E-state index >= 15 is 0 Å². The highest BCUT2D eigenvalue weighted by molar-refractivity contribution is 7.92. The van der Waals surface area contributed by atoms with Crippen molar-refractivity contribution in [2.24, 2.45) is 0 Å². The van der Waals surface area contributed by atoms with Gasteiger partial charge in [0.15, 0.2) is 5.75 Å². The molecule has 10 heteroatoms. The molecule has 0 bridgehead atoms. The van der Waals surface area contributed by atoms with Crippen molar-refractivity contribution in [2.45, 2.75) is 4.90 Å². The van der Waals surface area contributed by atoms with E-state index in [-0.39, 0.29) is 21.4 Å². The molecular formula is C14H9Cl2FN2O4S. The van der Waals surface area contributed by atoms with Crippen LogP contribution in [-0.4, -0.2) is 20.6 Å². The van der Waals surface area contributed by atoms with Gasteiger partial charge >= 0.3 is 0 Å². The fraction of sp³-hybridized carbons (Fsp3) is 0.0714. The Labute approximate surface area is 147 Å². The molecule has 0 fully saturated rings. The van der Waals surface area contributed by atoms with Gasteiger partial charge in [0.05, 0.1) is 23.4 Å². The van der Waals surface area contributed by atoms with Crippen LogP contribution in [-0.2, 0) is 10.0 Å². The molecule has 0 saturated carbocycles. The number of nitrogens with zero attached hydrogens (tertiary/aromatic N) is 1. The number of anilines is 1. The van der Waals surface area contributed by atoms with Crippen LogP contribution in [0.15, 0.2) is 29.2 Å². The summed E-state index contributed by atoms with van der Waals surface area (Å²) in [7, 11) is -3.16. The second-order valence-corrected chi connectivity index (χ2v) is 6.98. The van der Waals surface area contributed by atoms with Crippen molar-refractivity contribution in [1.29, 1.82) is 5.26 Å². The summed E-state index contributed by atoms with van der Waals surface area (Å²) in [5, 5.41) is 18.4. The second-order valence-electron chi connectivity index (χ2n) is 4.48. The van der Waals surface area contributed by atoms with Crippen LogP contribution in [0.3, 0.4) is 0 Å². The Hall–Kier alpha value is -2.21. The smallest absolute Gasteiger partial charge is 0.265 e. The maximum atomic E-state index is 14.0. The number of nitrogens with one attached hydrogen (secondary N) is 1. The summed E-state index contributed by atoms with van der Waals surface area (Å²) in [6.45, 7) is 0. The zero-order valence-electron chi connectivity index (χ0n) is 12.0. The first-order valence-electron chi connectivity index (χ1n) is 6.18. The fourth-order valence-corrected chi connectivity index (χ4v) is 3.65. The normalized spacial score (nSPS) is 11.0. The maximum absolute atomic E-state index is 14.0. The van der Waals surface area contributed by atoms with Crippen LogP contribution >= 0.6 is 23.2 Å². The molecule has 0 atom stereocenters. The summed E-state index contributed by atoms with van der Waals surface area (Å²) < 4.78 is 45.6. The van der Waals surface area contributed by atoms with E-state index in [1.165, 1.54) is 7.11 Å². The molecule has 0 spiro atoms. The number of ether oxygens (including phenoxy) is 1. The molecule has 6 nitrogen and oxygen atoms in total. The number of phenolic OH excluding ortho intramolecular Hbond substituents is 1. The summed E-state index contributed by atoms with van der Waals surface area (Å²) in [4.78, 5) is -0.622. The zero-order chi connectivity index (χ0) is 18.1. The molecule has 0 saturated heterocycles. The number of benzene rings is 2. The Kier molecular flexibility index (Phi) is 5.08. The van der Waals surface area contributed by atoms with E-state index in [1.807, 2.05) is 4.72 Å². The molecule has 126 valence electrons. The van der Waals surface area contributed by atoms with Crippen LogP contribution in [0.1, 0.15) is 5.56 Å². The zero-order valence-corrected chi connectivity index (χ0v) is 14.3. The van der Waals surface area contributed by atoms with Gasteiger partial charge in [0, 0.05) is 11.1 Å². The lowest BCUT2D eigenvalue weighted by molar-refractivity contribution is 0.412. The molecule has 0 unspecified atom stereocenters. The van der Waals surface area contributed by atoms with E-state index in [0.29, 0.717) is 0 Å². The van der Waals surface area contributed by atoms with Crippen molar-refractivity contribution in [3.63, 3.8) is 0 Å². The molecule has 2 aromatic carbocycles. The van der Waals surface area contributed by atoms with E-state index in [4.69, 9.17) is 33.2 Å². The average molecular weight is 391 g/mol. The lowest BCUT2D eigenvalue weighted by atomic mass is 10.2. The maximum Gasteiger partial charge on any atom is 0.265 e. The number of rotatable bonds is 4. The van der Waals surface area contributed by atoms with Gasteiger partial charge in [-0.05, 0) is 18.2 Å². The Morgan fingerprint density at radius 3 is 2.54 bits per heavy atom. The minimum Gasteiger partial charge on any atom is -0.505 e. The van der Waals surface area contributed by atoms with Gasteiger partial charge in [-0.3, -0.25) is 4.72 Å². The minimum atomic E-state index is -4.40. The standard InChI is InChI=1S/C14H9Cl2FN2O4S/c1-23-12-5-11(10(17)2-7(12)6-18)19-24(21,22)13-4-8(15)3-9(16)14(13)20/h2-5,19-20H,1H3. The molecule has 0 amide bonds. The molecule has 24 heavy (non-hydrogen) atoms. The summed E-state index contributed by atoms with van der Waals surface area (Å²) >= 11 is 11.4. The molecule has 2 rings (SSSR count). The van der Waals surface area contributed by atoms with Gasteiger partial charge in [0.2, 0.25) is 0 Å². The summed E-state index contributed by atoms with van der Waals surface area (Å²) in [6, 6.07) is 5.66. The molecule has 0 aliphatic rings. The summed E-state index contributed by atoms with van der Waals surface area (Å²) in [5.74, 6) is -1.75. The van der Waals surface area contributed by atoms with Crippen LogP contribution in [0.5, 0.6) is 11.5 Å². The highest BCUT2D eigenvalue weighted by atomic mass is 35.5. The van der Waals surface area contributed by atoms with Gasteiger partial charge in [-0.25, -0.2) is 12.8 Å². The number of methoxy groups -OCH3 is 1. The van der Waals surface area contributed by atoms with Crippen LogP contribution in [0.4, 0.5) is 10.1 Å². The third-order valence-electron chi connectivity index (χ3n) is 2.94. The SMILES string of the molecule is COc1cc(NS(=O)(=O)c2cc(Cl)cc(Cl)c2O)c(F)cc1C#N. The third kappa shape index (κ3) is 3.48. The molecule has 0 heterocycles. The van der Waals surface area contributed by atoms with Crippen molar-refractivity contribution < 1.29 is 22.7 Å². The van der Waals surface area contributed by atoms with Crippen LogP contribution in [0.2, 0.25) is 10.0 Å². The number of phenols is 1. The van der Waals surface area contributed by atoms with Crippen molar-refractivity contribution in [3.05, 3.63) is 45.7 Å². The minimum absolute atomic E-state index is 0.0232. The van der Waals surface area contributed by atoms with Gasteiger partial charge in [0.1, 0.15) is 22.5 Å². The number of halogens is 3. The first kappa shape index (κ1) is 18.1. The summed E-state index contributed by atoms with van der Waals surface area (Å²) in [6.07, 6.45) is 0. The highest BCUT2D eigenvalue weighted by Crippen LogP contribution is 2.36. The largest absolute Gasteiger partial charge is 0.505 e. The molecule has 0 aliphatic carbocycles. The van der Waals surface area contributed by atoms with Gasteiger partial charge in [-0.15, -0.1) is 0 Å². The lowest BCUT2D eigenvalue weighted by Crippen LogP contribution is -2.14. The van der Waals surface area contributed by atoms with Gasteiger partial charge in [-0.1, -0.05) is 23.2 Å². The molecule has 0 radical (unpaired) electrons. The third-order valence-corrected chi connectivity index (χ3v) is 4.82. The van der Waals surface area contributed by atoms with E-state index < -0.39 is 32.2 Å². The van der Waals surface area contributed by atoms with Crippen molar-refractivity contribution in [2.75, 3.05) is 11.8 Å². The van der Waals surface area contributed by atoms with E-state index in [2.05, 4.69) is 0 Å². The van der Waals surface area contributed by atoms with Gasteiger partial charge < -0.3 is 9.84 Å². The number of nitriles is 1. The number of aromatic hydroxyl groups is 1. The Morgan fingerprint density at radius 1 is 1.29 bits per heavy atom. The Bertz CT molecular complexity index is 958. The first-order chi connectivity index (χ1) is 11.2. The predicted molar refractivity (Wildman–Crippen MR) is 86.6 cm³/mol. The van der Waals surface area contributed by atoms with Crippen LogP contribution < -0.4 is 9.46 Å². The number of hydrogen-bond donors (Lipinski definition) is 2. The van der Waals surface area contributed by atoms with Gasteiger partial charge in [0.25, 0.3) is 10.0 Å². The van der Waals surface area contributed by atoms with Crippen molar-refractivity contribution >= 4 is 38.9 Å². The van der Waals surface area contributed by atoms with Crippen molar-refractivity contribution in [1.82, 2.24) is 0 Å². The predicted octanol–water partition coefficient (Wildman–Crippen LogP) is 3.52. The van der Waals surface area contributed by atoms with Crippen LogP contribution in [0.25, 0.3) is 0 Å². The van der Waals surface area contributed by atoms with Gasteiger partial charge in [-0.2, -0.15) is 5.26 Å². The fourth-order valence-electron chi connectivity index (χ4n) is 1.83. The van der Waals surface area contributed by atoms with E-state index in [1.54, 1.807) is 6.07 Å². The summed E-state index contributed by atoms with van der Waals surface area (Å²) in [5.41, 5.74) is -0.576. The second kappa shape index (κ2) is 6.73. The molecule has 2 aromatic rings. The first-order valence-corrected chi connectivity index (χ1v) is 8.42. The van der Waals surface area contributed by atoms with E-state index in [9.17, 15) is 17.9 Å². The van der Waals surface area contributed by atoms with Crippen molar-refractivity contribution in [3.8, 4) is 17.6 Å². The topological polar surface area (TPSA) is 99.4 Å². The molecular weight excluding hydrogens is 382 g/mol. The lowest BCUT2D eigenvalue weighted by Gasteiger charge is -2.13. The monoisotopic (exact) mass is 390 g/mol. The molecule has 2 N–H and O–H groups in total. The molecule has 0 aliphatic heterocycles. The molecule has 0 aromatic heterocycles. The van der Waals surface area contributed by atoms with Crippen LogP contribution in [0, 0.1) is 17.1 Å². The number of hydrogen-bond acceptors (Lipinski definition) is 5. The highest BCUT2D eigenvalue weighted by Gasteiger charge is 2.24.